The van der Waals surface area contributed by atoms with Gasteiger partial charge in [0, 0.05) is 6.54 Å². The third-order valence-corrected chi connectivity index (χ3v) is 4.02. The SMILES string of the molecule is CCCNCC(=O)NCC1(C(=O)O)CCC(C)CC1. The van der Waals surface area contributed by atoms with Gasteiger partial charge in [-0.3, -0.25) is 9.59 Å². The van der Waals surface area contributed by atoms with E-state index >= 15 is 0 Å². The molecule has 0 bridgehead atoms. The van der Waals surface area contributed by atoms with Gasteiger partial charge >= 0.3 is 5.97 Å². The maximum atomic E-state index is 11.6. The number of hydrogen-bond donors (Lipinski definition) is 3. The van der Waals surface area contributed by atoms with Gasteiger partial charge in [-0.15, -0.1) is 0 Å². The van der Waals surface area contributed by atoms with Crippen molar-refractivity contribution in [1.29, 1.82) is 0 Å². The molecule has 0 saturated heterocycles. The summed E-state index contributed by atoms with van der Waals surface area (Å²) in [5, 5.41) is 15.2. The minimum atomic E-state index is -0.777. The summed E-state index contributed by atoms with van der Waals surface area (Å²) in [6, 6.07) is 0. The Kier molecular flexibility index (Phi) is 6.28. The number of carbonyl (C=O) groups is 2. The Morgan fingerprint density at radius 3 is 2.47 bits per heavy atom. The first-order valence-corrected chi connectivity index (χ1v) is 7.21. The van der Waals surface area contributed by atoms with Crippen molar-refractivity contribution in [1.82, 2.24) is 10.6 Å². The van der Waals surface area contributed by atoms with Crippen LogP contribution in [-0.4, -0.2) is 36.6 Å². The van der Waals surface area contributed by atoms with Crippen LogP contribution in [-0.2, 0) is 9.59 Å². The number of hydrogen-bond acceptors (Lipinski definition) is 3. The van der Waals surface area contributed by atoms with Gasteiger partial charge < -0.3 is 15.7 Å². The average Bonchev–Trinajstić information content (AvgIpc) is 2.38. The van der Waals surface area contributed by atoms with Crippen LogP contribution in [0.5, 0.6) is 0 Å². The predicted octanol–water partition coefficient (Wildman–Crippen LogP) is 1.38. The number of aliphatic carboxylic acids is 1. The standard InChI is InChI=1S/C14H26N2O3/c1-3-8-15-9-12(17)16-10-14(13(18)19)6-4-11(2)5-7-14/h11,15H,3-10H2,1-2H3,(H,16,17)(H,18,19). The molecule has 0 heterocycles. The molecule has 110 valence electrons. The molecule has 19 heavy (non-hydrogen) atoms. The Morgan fingerprint density at radius 1 is 1.32 bits per heavy atom. The predicted molar refractivity (Wildman–Crippen MR) is 73.9 cm³/mol. The van der Waals surface area contributed by atoms with Gasteiger partial charge in [0.2, 0.25) is 5.91 Å². The van der Waals surface area contributed by atoms with Gasteiger partial charge in [0.25, 0.3) is 0 Å². The van der Waals surface area contributed by atoms with E-state index in [0.29, 0.717) is 18.8 Å². The Balaban J connectivity index is 2.42. The first kappa shape index (κ1) is 16.0. The van der Waals surface area contributed by atoms with Crippen LogP contribution < -0.4 is 10.6 Å². The van der Waals surface area contributed by atoms with E-state index in [9.17, 15) is 14.7 Å². The zero-order valence-electron chi connectivity index (χ0n) is 12.0. The van der Waals surface area contributed by atoms with Crippen molar-refractivity contribution in [2.24, 2.45) is 11.3 Å². The van der Waals surface area contributed by atoms with E-state index in [1.165, 1.54) is 0 Å². The number of rotatable bonds is 7. The molecule has 1 amide bonds. The number of carboxylic acid groups (broad SMARTS) is 1. The monoisotopic (exact) mass is 270 g/mol. The summed E-state index contributed by atoms with van der Waals surface area (Å²) in [4.78, 5) is 23.1. The van der Waals surface area contributed by atoms with E-state index in [0.717, 1.165) is 25.8 Å². The van der Waals surface area contributed by atoms with Gasteiger partial charge in [0.1, 0.15) is 0 Å². The van der Waals surface area contributed by atoms with Crippen LogP contribution in [0.1, 0.15) is 46.0 Å². The normalized spacial score (nSPS) is 26.9. The van der Waals surface area contributed by atoms with E-state index in [-0.39, 0.29) is 19.0 Å². The molecule has 0 aromatic rings. The third-order valence-electron chi connectivity index (χ3n) is 4.02. The zero-order valence-corrected chi connectivity index (χ0v) is 12.0. The minimum Gasteiger partial charge on any atom is -0.481 e. The van der Waals surface area contributed by atoms with Crippen LogP contribution in [0.4, 0.5) is 0 Å². The second-order valence-corrected chi connectivity index (χ2v) is 5.72. The molecule has 0 radical (unpaired) electrons. The molecule has 1 rings (SSSR count). The Morgan fingerprint density at radius 2 is 1.95 bits per heavy atom. The Hall–Kier alpha value is -1.10. The molecule has 0 aliphatic heterocycles. The first-order valence-electron chi connectivity index (χ1n) is 7.21. The number of nitrogens with one attached hydrogen (secondary N) is 2. The molecule has 5 nitrogen and oxygen atoms in total. The van der Waals surface area contributed by atoms with Crippen molar-refractivity contribution in [3.8, 4) is 0 Å². The lowest BCUT2D eigenvalue weighted by atomic mass is 9.71. The minimum absolute atomic E-state index is 0.118. The molecule has 0 aromatic heterocycles. The van der Waals surface area contributed by atoms with Gasteiger partial charge in [-0.05, 0) is 44.6 Å². The molecular weight excluding hydrogens is 244 g/mol. The van der Waals surface area contributed by atoms with Crippen molar-refractivity contribution in [2.75, 3.05) is 19.6 Å². The number of carbonyl (C=O) groups excluding carboxylic acids is 1. The lowest BCUT2D eigenvalue weighted by Crippen LogP contribution is -2.47. The molecule has 0 unspecified atom stereocenters. The van der Waals surface area contributed by atoms with Gasteiger partial charge in [-0.2, -0.15) is 0 Å². The first-order chi connectivity index (χ1) is 9.00. The fraction of sp³-hybridized carbons (Fsp3) is 0.857. The summed E-state index contributed by atoms with van der Waals surface area (Å²) in [5.41, 5.74) is -0.757. The van der Waals surface area contributed by atoms with Gasteiger partial charge in [-0.1, -0.05) is 13.8 Å². The lowest BCUT2D eigenvalue weighted by molar-refractivity contribution is -0.151. The number of carboxylic acids is 1. The second kappa shape index (κ2) is 7.48. The van der Waals surface area contributed by atoms with E-state index in [2.05, 4.69) is 17.6 Å². The highest BCUT2D eigenvalue weighted by atomic mass is 16.4. The second-order valence-electron chi connectivity index (χ2n) is 5.72. The average molecular weight is 270 g/mol. The summed E-state index contributed by atoms with van der Waals surface area (Å²) in [6.45, 7) is 5.50. The zero-order chi connectivity index (χ0) is 14.3. The van der Waals surface area contributed by atoms with Crippen LogP contribution in [0.15, 0.2) is 0 Å². The van der Waals surface area contributed by atoms with Crippen molar-refractivity contribution >= 4 is 11.9 Å². The quantitative estimate of drug-likeness (QED) is 0.611. The summed E-state index contributed by atoms with van der Waals surface area (Å²) in [7, 11) is 0. The fourth-order valence-corrected chi connectivity index (χ4v) is 2.49. The Labute approximate surface area is 115 Å². The topological polar surface area (TPSA) is 78.4 Å². The van der Waals surface area contributed by atoms with Crippen LogP contribution in [0.25, 0.3) is 0 Å². The summed E-state index contributed by atoms with van der Waals surface area (Å²) >= 11 is 0. The van der Waals surface area contributed by atoms with Crippen LogP contribution in [0.3, 0.4) is 0 Å². The molecule has 0 aromatic carbocycles. The summed E-state index contributed by atoms with van der Waals surface area (Å²) < 4.78 is 0. The van der Waals surface area contributed by atoms with E-state index in [4.69, 9.17) is 0 Å². The third kappa shape index (κ3) is 4.82. The van der Waals surface area contributed by atoms with Gasteiger partial charge in [0.15, 0.2) is 0 Å². The van der Waals surface area contributed by atoms with Crippen molar-refractivity contribution in [3.05, 3.63) is 0 Å². The van der Waals surface area contributed by atoms with Crippen molar-refractivity contribution in [2.45, 2.75) is 46.0 Å². The maximum absolute atomic E-state index is 11.6. The molecule has 1 saturated carbocycles. The molecule has 1 aliphatic carbocycles. The maximum Gasteiger partial charge on any atom is 0.311 e. The van der Waals surface area contributed by atoms with Crippen LogP contribution in [0, 0.1) is 11.3 Å². The van der Waals surface area contributed by atoms with Crippen molar-refractivity contribution in [3.63, 3.8) is 0 Å². The lowest BCUT2D eigenvalue weighted by Gasteiger charge is -2.35. The van der Waals surface area contributed by atoms with E-state index in [1.54, 1.807) is 0 Å². The largest absolute Gasteiger partial charge is 0.481 e. The molecule has 0 spiro atoms. The highest BCUT2D eigenvalue weighted by molar-refractivity contribution is 5.80. The molecule has 1 aliphatic rings. The Bertz CT molecular complexity index is 310. The van der Waals surface area contributed by atoms with Crippen molar-refractivity contribution < 1.29 is 14.7 Å². The van der Waals surface area contributed by atoms with Crippen LogP contribution >= 0.6 is 0 Å². The molecule has 3 N–H and O–H groups in total. The molecular formula is C14H26N2O3. The molecule has 5 heteroatoms. The fourth-order valence-electron chi connectivity index (χ4n) is 2.49. The number of amides is 1. The smallest absolute Gasteiger partial charge is 0.311 e. The van der Waals surface area contributed by atoms with Gasteiger partial charge in [0.05, 0.1) is 12.0 Å². The van der Waals surface area contributed by atoms with E-state index in [1.807, 2.05) is 6.92 Å². The van der Waals surface area contributed by atoms with Crippen LogP contribution in [0.2, 0.25) is 0 Å². The highest BCUT2D eigenvalue weighted by Crippen LogP contribution is 2.38. The highest BCUT2D eigenvalue weighted by Gasteiger charge is 2.41. The van der Waals surface area contributed by atoms with E-state index < -0.39 is 11.4 Å². The summed E-state index contributed by atoms with van der Waals surface area (Å²) in [5.74, 6) is -0.302. The summed E-state index contributed by atoms with van der Waals surface area (Å²) in [6.07, 6.45) is 4.15. The molecule has 1 fully saturated rings. The van der Waals surface area contributed by atoms with Gasteiger partial charge in [-0.25, -0.2) is 0 Å². The molecule has 0 atom stereocenters.